The van der Waals surface area contributed by atoms with Crippen molar-refractivity contribution in [1.29, 1.82) is 0 Å². The molecule has 1 N–H and O–H groups in total. The van der Waals surface area contributed by atoms with Crippen LogP contribution in [-0.2, 0) is 22.6 Å². The van der Waals surface area contributed by atoms with E-state index in [1.807, 2.05) is 92.7 Å². The summed E-state index contributed by atoms with van der Waals surface area (Å²) in [6.45, 7) is 4.23. The number of carbonyl (C=O) groups excluding carboxylic acids is 2. The fourth-order valence-electron chi connectivity index (χ4n) is 4.80. The van der Waals surface area contributed by atoms with Gasteiger partial charge in [0.05, 0.1) is 0 Å². The van der Waals surface area contributed by atoms with E-state index in [9.17, 15) is 9.59 Å². The minimum atomic E-state index is -0.636. The molecule has 0 radical (unpaired) electrons. The fraction of sp³-hybridized carbons (Fsp3) is 0.355. The molecule has 1 aliphatic rings. The van der Waals surface area contributed by atoms with E-state index in [0.717, 1.165) is 47.9 Å². The largest absolute Gasteiger partial charge is 0.483 e. The van der Waals surface area contributed by atoms with Gasteiger partial charge in [0.2, 0.25) is 5.91 Å². The second-order valence-electron chi connectivity index (χ2n) is 9.69. The molecule has 3 aromatic carbocycles. The Kier molecular flexibility index (Phi) is 8.77. The molecule has 5 heteroatoms. The van der Waals surface area contributed by atoms with Crippen LogP contribution < -0.4 is 10.1 Å². The molecule has 1 atom stereocenters. The first-order valence-corrected chi connectivity index (χ1v) is 12.9. The Morgan fingerprint density at radius 3 is 2.19 bits per heavy atom. The summed E-state index contributed by atoms with van der Waals surface area (Å²) in [5.74, 6) is 0.391. The van der Waals surface area contributed by atoms with Gasteiger partial charge in [0.25, 0.3) is 5.91 Å². The highest BCUT2D eigenvalue weighted by atomic mass is 16.5. The van der Waals surface area contributed by atoms with Crippen LogP contribution in [-0.4, -0.2) is 35.4 Å². The molecule has 1 saturated carbocycles. The van der Waals surface area contributed by atoms with E-state index < -0.39 is 6.04 Å². The molecule has 36 heavy (non-hydrogen) atoms. The molecule has 188 valence electrons. The highest BCUT2D eigenvalue weighted by Gasteiger charge is 2.32. The summed E-state index contributed by atoms with van der Waals surface area (Å²) < 4.78 is 5.99. The van der Waals surface area contributed by atoms with Crippen molar-refractivity contribution in [1.82, 2.24) is 10.2 Å². The smallest absolute Gasteiger partial charge is 0.261 e. The van der Waals surface area contributed by atoms with Crippen molar-refractivity contribution in [2.45, 2.75) is 64.6 Å². The van der Waals surface area contributed by atoms with Gasteiger partial charge >= 0.3 is 0 Å². The summed E-state index contributed by atoms with van der Waals surface area (Å²) in [4.78, 5) is 29.1. The van der Waals surface area contributed by atoms with Crippen molar-refractivity contribution in [3.8, 4) is 5.75 Å². The number of rotatable bonds is 10. The average Bonchev–Trinajstić information content (AvgIpc) is 3.41. The van der Waals surface area contributed by atoms with Crippen LogP contribution in [0.5, 0.6) is 5.75 Å². The van der Waals surface area contributed by atoms with Gasteiger partial charge in [-0.05, 0) is 55.0 Å². The molecule has 0 spiro atoms. The van der Waals surface area contributed by atoms with Crippen molar-refractivity contribution in [3.05, 3.63) is 101 Å². The van der Waals surface area contributed by atoms with E-state index in [4.69, 9.17) is 4.74 Å². The maximum Gasteiger partial charge on any atom is 0.261 e. The molecule has 3 aromatic rings. The maximum atomic E-state index is 13.7. The molecule has 2 amide bonds. The predicted molar refractivity (Wildman–Crippen MR) is 143 cm³/mol. The SMILES string of the molecule is Cc1cccc(OCC(=O)N(Cc2ccccc2)[C@@H](Cc2ccccc2)C(=O)NC2CCCC2)c1C. The van der Waals surface area contributed by atoms with Crippen LogP contribution >= 0.6 is 0 Å². The van der Waals surface area contributed by atoms with E-state index >= 15 is 0 Å². The molecule has 1 aliphatic carbocycles. The van der Waals surface area contributed by atoms with E-state index in [-0.39, 0.29) is 24.5 Å². The molecule has 5 nitrogen and oxygen atoms in total. The van der Waals surface area contributed by atoms with E-state index in [1.54, 1.807) is 4.90 Å². The number of benzene rings is 3. The van der Waals surface area contributed by atoms with Crippen LogP contribution in [0.15, 0.2) is 78.9 Å². The third-order valence-corrected chi connectivity index (χ3v) is 7.07. The number of aryl methyl sites for hydroxylation is 1. The lowest BCUT2D eigenvalue weighted by atomic mass is 10.0. The average molecular weight is 485 g/mol. The molecule has 0 aromatic heterocycles. The molecule has 1 fully saturated rings. The number of carbonyl (C=O) groups is 2. The Morgan fingerprint density at radius 1 is 0.889 bits per heavy atom. The topological polar surface area (TPSA) is 58.6 Å². The molecule has 4 rings (SSSR count). The number of nitrogens with zero attached hydrogens (tertiary/aromatic N) is 1. The van der Waals surface area contributed by atoms with E-state index in [0.29, 0.717) is 18.7 Å². The highest BCUT2D eigenvalue weighted by molar-refractivity contribution is 5.88. The lowest BCUT2D eigenvalue weighted by Crippen LogP contribution is -2.53. The van der Waals surface area contributed by atoms with Gasteiger partial charge in [-0.3, -0.25) is 9.59 Å². The fourth-order valence-corrected chi connectivity index (χ4v) is 4.80. The Balaban J connectivity index is 1.60. The minimum absolute atomic E-state index is 0.0956. The van der Waals surface area contributed by atoms with Gasteiger partial charge in [-0.2, -0.15) is 0 Å². The van der Waals surface area contributed by atoms with Crippen LogP contribution in [0.3, 0.4) is 0 Å². The van der Waals surface area contributed by atoms with Crippen LogP contribution in [0.1, 0.15) is 47.9 Å². The molecule has 0 saturated heterocycles. The number of amides is 2. The number of nitrogens with one attached hydrogen (secondary N) is 1. The zero-order chi connectivity index (χ0) is 25.3. The Morgan fingerprint density at radius 2 is 1.53 bits per heavy atom. The van der Waals surface area contributed by atoms with Crippen molar-refractivity contribution >= 4 is 11.8 Å². The maximum absolute atomic E-state index is 13.7. The first kappa shape index (κ1) is 25.5. The molecular weight excluding hydrogens is 448 g/mol. The van der Waals surface area contributed by atoms with Crippen LogP contribution in [0.25, 0.3) is 0 Å². The lowest BCUT2D eigenvalue weighted by Gasteiger charge is -2.32. The van der Waals surface area contributed by atoms with Crippen LogP contribution in [0, 0.1) is 13.8 Å². The Labute approximate surface area is 214 Å². The monoisotopic (exact) mass is 484 g/mol. The van der Waals surface area contributed by atoms with Gasteiger partial charge in [-0.1, -0.05) is 85.6 Å². The third kappa shape index (κ3) is 6.75. The first-order valence-electron chi connectivity index (χ1n) is 12.9. The Hall–Kier alpha value is -3.60. The van der Waals surface area contributed by atoms with Gasteiger partial charge in [0.1, 0.15) is 11.8 Å². The summed E-state index contributed by atoms with van der Waals surface area (Å²) in [5, 5.41) is 3.24. The van der Waals surface area contributed by atoms with Crippen molar-refractivity contribution in [2.24, 2.45) is 0 Å². The summed E-state index contributed by atoms with van der Waals surface area (Å²) >= 11 is 0. The zero-order valence-corrected chi connectivity index (χ0v) is 21.3. The van der Waals surface area contributed by atoms with Crippen molar-refractivity contribution < 1.29 is 14.3 Å². The van der Waals surface area contributed by atoms with E-state index in [1.165, 1.54) is 0 Å². The number of hydrogen-bond acceptors (Lipinski definition) is 3. The van der Waals surface area contributed by atoms with Gasteiger partial charge in [-0.25, -0.2) is 0 Å². The van der Waals surface area contributed by atoms with Crippen LogP contribution in [0.4, 0.5) is 0 Å². The molecule has 0 unspecified atom stereocenters. The Bertz CT molecular complexity index is 1140. The van der Waals surface area contributed by atoms with Crippen LogP contribution in [0.2, 0.25) is 0 Å². The van der Waals surface area contributed by atoms with Gasteiger partial charge < -0.3 is 15.0 Å². The molecule has 0 aliphatic heterocycles. The molecule has 0 heterocycles. The minimum Gasteiger partial charge on any atom is -0.483 e. The summed E-state index contributed by atoms with van der Waals surface area (Å²) in [5.41, 5.74) is 4.12. The molecule has 0 bridgehead atoms. The molecular formula is C31H36N2O3. The normalized spacial score (nSPS) is 14.3. The summed E-state index contributed by atoms with van der Waals surface area (Å²) in [6, 6.07) is 25.1. The number of ether oxygens (including phenoxy) is 1. The highest BCUT2D eigenvalue weighted by Crippen LogP contribution is 2.22. The standard InChI is InChI=1S/C31H36N2O3/c1-23-12-11-19-29(24(23)2)36-22-30(34)33(21-26-15-7-4-8-16-26)28(20-25-13-5-3-6-14-25)31(35)32-27-17-9-10-18-27/h3-8,11-16,19,27-28H,9-10,17-18,20-22H2,1-2H3,(H,32,35)/t28-/m0/s1. The second-order valence-corrected chi connectivity index (χ2v) is 9.69. The van der Waals surface area contributed by atoms with E-state index in [2.05, 4.69) is 5.32 Å². The summed E-state index contributed by atoms with van der Waals surface area (Å²) in [6.07, 6.45) is 4.69. The quantitative estimate of drug-likeness (QED) is 0.420. The third-order valence-electron chi connectivity index (χ3n) is 7.07. The lowest BCUT2D eigenvalue weighted by molar-refractivity contribution is -0.143. The second kappa shape index (κ2) is 12.4. The van der Waals surface area contributed by atoms with Crippen molar-refractivity contribution in [2.75, 3.05) is 6.61 Å². The number of hydrogen-bond donors (Lipinski definition) is 1. The first-order chi connectivity index (χ1) is 17.5. The van der Waals surface area contributed by atoms with Gasteiger partial charge in [0, 0.05) is 19.0 Å². The zero-order valence-electron chi connectivity index (χ0n) is 21.3. The van der Waals surface area contributed by atoms with Crippen molar-refractivity contribution in [3.63, 3.8) is 0 Å². The predicted octanol–water partition coefficient (Wildman–Crippen LogP) is 5.38. The van der Waals surface area contributed by atoms with Gasteiger partial charge in [-0.15, -0.1) is 0 Å². The summed E-state index contributed by atoms with van der Waals surface area (Å²) in [7, 11) is 0. The van der Waals surface area contributed by atoms with Gasteiger partial charge in [0.15, 0.2) is 6.61 Å².